The van der Waals surface area contributed by atoms with Gasteiger partial charge in [0.1, 0.15) is 0 Å². The molecule has 0 radical (unpaired) electrons. The van der Waals surface area contributed by atoms with Gasteiger partial charge in [0.15, 0.2) is 10.9 Å². The standard InChI is InChI=1S/C22H20N4O3S/c1-11(2)16-10-15(17-12(3)26-29-21(17)23-16)20(28)25-22-24-18(19(30-22)13(4)27)14-8-6-5-7-9-14/h5-11H,1-4H3,(H,24,25,28). The lowest BCUT2D eigenvalue weighted by Crippen LogP contribution is -2.13. The number of benzene rings is 1. The summed E-state index contributed by atoms with van der Waals surface area (Å²) in [6.07, 6.45) is 0. The quantitative estimate of drug-likeness (QED) is 0.444. The molecule has 1 amide bonds. The van der Waals surface area contributed by atoms with Crippen molar-refractivity contribution in [1.29, 1.82) is 0 Å². The van der Waals surface area contributed by atoms with E-state index in [4.69, 9.17) is 4.52 Å². The highest BCUT2D eigenvalue weighted by atomic mass is 32.1. The molecule has 1 N–H and O–H groups in total. The number of anilines is 1. The Hall–Kier alpha value is -3.39. The maximum Gasteiger partial charge on any atom is 0.259 e. The Kier molecular flexibility index (Phi) is 5.17. The number of ketones is 1. The lowest BCUT2D eigenvalue weighted by atomic mass is 10.0. The van der Waals surface area contributed by atoms with Crippen molar-refractivity contribution < 1.29 is 14.1 Å². The molecule has 3 heterocycles. The molecule has 1 aromatic carbocycles. The Morgan fingerprint density at radius 3 is 2.53 bits per heavy atom. The molecule has 8 heteroatoms. The van der Waals surface area contributed by atoms with E-state index < -0.39 is 0 Å². The van der Waals surface area contributed by atoms with Gasteiger partial charge < -0.3 is 4.52 Å². The maximum absolute atomic E-state index is 13.2. The first kappa shape index (κ1) is 19.9. The number of nitrogens with zero attached hydrogens (tertiary/aromatic N) is 3. The van der Waals surface area contributed by atoms with E-state index >= 15 is 0 Å². The summed E-state index contributed by atoms with van der Waals surface area (Å²) in [6, 6.07) is 11.2. The topological polar surface area (TPSA) is 98.0 Å². The van der Waals surface area contributed by atoms with Gasteiger partial charge in [-0.2, -0.15) is 0 Å². The predicted molar refractivity (Wildman–Crippen MR) is 116 cm³/mol. The number of pyridine rings is 1. The van der Waals surface area contributed by atoms with Gasteiger partial charge >= 0.3 is 0 Å². The normalized spacial score (nSPS) is 11.2. The van der Waals surface area contributed by atoms with Crippen LogP contribution in [-0.2, 0) is 0 Å². The average Bonchev–Trinajstić information content (AvgIpc) is 3.32. The van der Waals surface area contributed by atoms with Crippen LogP contribution in [0.15, 0.2) is 40.9 Å². The van der Waals surface area contributed by atoms with Crippen LogP contribution in [0.5, 0.6) is 0 Å². The minimum Gasteiger partial charge on any atom is -0.336 e. The number of carbonyl (C=O) groups is 2. The van der Waals surface area contributed by atoms with E-state index in [0.29, 0.717) is 38.1 Å². The molecule has 0 fully saturated rings. The molecule has 0 aliphatic rings. The number of carbonyl (C=O) groups excluding carboxylic acids is 2. The summed E-state index contributed by atoms with van der Waals surface area (Å²) in [5.41, 5.74) is 3.46. The van der Waals surface area contributed by atoms with Gasteiger partial charge in [0.25, 0.3) is 11.6 Å². The number of thiazole rings is 1. The van der Waals surface area contributed by atoms with E-state index in [0.717, 1.165) is 22.6 Å². The van der Waals surface area contributed by atoms with E-state index in [1.54, 1.807) is 13.0 Å². The number of amides is 1. The predicted octanol–water partition coefficient (Wildman–Crippen LogP) is 5.23. The molecule has 152 valence electrons. The minimum atomic E-state index is -0.348. The number of nitrogens with one attached hydrogen (secondary N) is 1. The third-order valence-electron chi connectivity index (χ3n) is 4.69. The molecule has 0 saturated heterocycles. The summed E-state index contributed by atoms with van der Waals surface area (Å²) in [5, 5.41) is 7.72. The van der Waals surface area contributed by atoms with Crippen LogP contribution in [0.25, 0.3) is 22.4 Å². The van der Waals surface area contributed by atoms with Crippen molar-refractivity contribution in [3.8, 4) is 11.3 Å². The molecule has 0 spiro atoms. The van der Waals surface area contributed by atoms with Gasteiger partial charge in [-0.15, -0.1) is 0 Å². The lowest BCUT2D eigenvalue weighted by Gasteiger charge is -2.08. The number of aromatic nitrogens is 3. The van der Waals surface area contributed by atoms with E-state index in [9.17, 15) is 9.59 Å². The van der Waals surface area contributed by atoms with Crippen LogP contribution in [0.3, 0.4) is 0 Å². The first-order valence-corrected chi connectivity index (χ1v) is 10.3. The highest BCUT2D eigenvalue weighted by Crippen LogP contribution is 2.32. The molecule has 0 saturated carbocycles. The van der Waals surface area contributed by atoms with Crippen LogP contribution >= 0.6 is 11.3 Å². The lowest BCUT2D eigenvalue weighted by molar-refractivity contribution is 0.101. The summed E-state index contributed by atoms with van der Waals surface area (Å²) in [4.78, 5) is 34.8. The fourth-order valence-corrected chi connectivity index (χ4v) is 4.03. The summed E-state index contributed by atoms with van der Waals surface area (Å²) >= 11 is 1.16. The minimum absolute atomic E-state index is 0.102. The van der Waals surface area contributed by atoms with E-state index in [-0.39, 0.29) is 17.6 Å². The molecule has 0 aliphatic heterocycles. The fourth-order valence-electron chi connectivity index (χ4n) is 3.16. The zero-order chi connectivity index (χ0) is 21.4. The van der Waals surface area contributed by atoms with E-state index in [2.05, 4.69) is 20.4 Å². The second-order valence-corrected chi connectivity index (χ2v) is 8.27. The van der Waals surface area contributed by atoms with Crippen molar-refractivity contribution in [2.24, 2.45) is 0 Å². The largest absolute Gasteiger partial charge is 0.336 e. The van der Waals surface area contributed by atoms with Gasteiger partial charge in [-0.3, -0.25) is 14.9 Å². The van der Waals surface area contributed by atoms with Crippen LogP contribution in [-0.4, -0.2) is 26.8 Å². The van der Waals surface area contributed by atoms with Gasteiger partial charge in [0.05, 0.1) is 27.2 Å². The maximum atomic E-state index is 13.2. The van der Waals surface area contributed by atoms with E-state index in [1.807, 2.05) is 44.2 Å². The van der Waals surface area contributed by atoms with Gasteiger partial charge in [0, 0.05) is 18.2 Å². The van der Waals surface area contributed by atoms with Crippen LogP contribution in [0.4, 0.5) is 5.13 Å². The Labute approximate surface area is 177 Å². The third kappa shape index (κ3) is 3.61. The van der Waals surface area contributed by atoms with Crippen LogP contribution in [0, 0.1) is 6.92 Å². The molecular weight excluding hydrogens is 400 g/mol. The van der Waals surface area contributed by atoms with Crippen molar-refractivity contribution in [2.75, 3.05) is 5.32 Å². The summed E-state index contributed by atoms with van der Waals surface area (Å²) in [6.45, 7) is 7.24. The van der Waals surface area contributed by atoms with E-state index in [1.165, 1.54) is 6.92 Å². The first-order chi connectivity index (χ1) is 14.3. The first-order valence-electron chi connectivity index (χ1n) is 9.50. The Bertz CT molecular complexity index is 1260. The fraction of sp³-hybridized carbons (Fsp3) is 0.227. The zero-order valence-corrected chi connectivity index (χ0v) is 17.8. The second kappa shape index (κ2) is 7.79. The summed E-state index contributed by atoms with van der Waals surface area (Å²) in [5.74, 6) is -0.339. The average molecular weight is 420 g/mol. The van der Waals surface area contributed by atoms with Gasteiger partial charge in [-0.05, 0) is 18.9 Å². The van der Waals surface area contributed by atoms with Crippen molar-refractivity contribution >= 4 is 39.3 Å². The van der Waals surface area contributed by atoms with Crippen LogP contribution in [0.2, 0.25) is 0 Å². The Balaban J connectivity index is 1.75. The van der Waals surface area contributed by atoms with Crippen LogP contribution in [0.1, 0.15) is 58.1 Å². The zero-order valence-electron chi connectivity index (χ0n) is 17.0. The molecule has 7 nitrogen and oxygen atoms in total. The van der Waals surface area contributed by atoms with Gasteiger partial charge in [-0.1, -0.05) is 60.7 Å². The number of Topliss-reactive ketones (excluding diaryl/α,β-unsaturated/α-hetero) is 1. The molecule has 4 aromatic rings. The highest BCUT2D eigenvalue weighted by molar-refractivity contribution is 7.18. The monoisotopic (exact) mass is 420 g/mol. The summed E-state index contributed by atoms with van der Waals surface area (Å²) < 4.78 is 5.29. The van der Waals surface area contributed by atoms with Gasteiger partial charge in [-0.25, -0.2) is 9.97 Å². The SMILES string of the molecule is CC(=O)c1sc(NC(=O)c2cc(C(C)C)nc3onc(C)c23)nc1-c1ccccc1. The van der Waals surface area contributed by atoms with Crippen molar-refractivity contribution in [1.82, 2.24) is 15.1 Å². The second-order valence-electron chi connectivity index (χ2n) is 7.27. The Morgan fingerprint density at radius 1 is 1.13 bits per heavy atom. The molecule has 0 atom stereocenters. The molecule has 0 unspecified atom stereocenters. The number of fused-ring (bicyclic) bond motifs is 1. The number of aryl methyl sites for hydroxylation is 1. The number of hydrogen-bond acceptors (Lipinski definition) is 7. The number of hydrogen-bond donors (Lipinski definition) is 1. The molecular formula is C22H20N4O3S. The van der Waals surface area contributed by atoms with Crippen molar-refractivity contribution in [3.63, 3.8) is 0 Å². The van der Waals surface area contributed by atoms with Gasteiger partial charge in [0.2, 0.25) is 0 Å². The smallest absolute Gasteiger partial charge is 0.259 e. The molecule has 0 bridgehead atoms. The van der Waals surface area contributed by atoms with Crippen molar-refractivity contribution in [2.45, 2.75) is 33.6 Å². The van der Waals surface area contributed by atoms with Crippen LogP contribution < -0.4 is 5.32 Å². The molecule has 3 aromatic heterocycles. The molecule has 4 rings (SSSR count). The Morgan fingerprint density at radius 2 is 1.87 bits per heavy atom. The highest BCUT2D eigenvalue weighted by Gasteiger charge is 2.22. The molecule has 0 aliphatic carbocycles. The molecule has 30 heavy (non-hydrogen) atoms. The third-order valence-corrected chi connectivity index (χ3v) is 5.76. The summed E-state index contributed by atoms with van der Waals surface area (Å²) in [7, 11) is 0. The van der Waals surface area contributed by atoms with Crippen molar-refractivity contribution in [3.05, 3.63) is 58.2 Å². The number of rotatable bonds is 5.